The first-order valence-electron chi connectivity index (χ1n) is 7.74. The van der Waals surface area contributed by atoms with Crippen LogP contribution in [0.5, 0.6) is 0 Å². The molecule has 1 aromatic rings. The Morgan fingerprint density at radius 1 is 1.29 bits per heavy atom. The van der Waals surface area contributed by atoms with Crippen molar-refractivity contribution in [3.05, 3.63) is 16.5 Å². The standard InChI is InChI=1S/C16H26ClN3O/c1-11-13(17)19-15(16(2,3)4)20-14(11)18-8-5-9-21-10-12-6-7-12/h12H,5-10H2,1-4H3,(H,18,19,20). The monoisotopic (exact) mass is 311 g/mol. The van der Waals surface area contributed by atoms with Crippen molar-refractivity contribution in [3.63, 3.8) is 0 Å². The summed E-state index contributed by atoms with van der Waals surface area (Å²) >= 11 is 6.21. The van der Waals surface area contributed by atoms with Gasteiger partial charge in [0.2, 0.25) is 0 Å². The van der Waals surface area contributed by atoms with Gasteiger partial charge in [0.05, 0.1) is 0 Å². The molecule has 1 aromatic heterocycles. The van der Waals surface area contributed by atoms with E-state index in [0.717, 1.165) is 49.3 Å². The van der Waals surface area contributed by atoms with Crippen LogP contribution in [-0.4, -0.2) is 29.7 Å². The van der Waals surface area contributed by atoms with Crippen molar-refractivity contribution in [1.82, 2.24) is 9.97 Å². The molecule has 0 spiro atoms. The minimum Gasteiger partial charge on any atom is -0.381 e. The number of halogens is 1. The summed E-state index contributed by atoms with van der Waals surface area (Å²) in [6, 6.07) is 0. The Morgan fingerprint density at radius 2 is 2.00 bits per heavy atom. The Bertz CT molecular complexity index is 481. The second kappa shape index (κ2) is 6.93. The van der Waals surface area contributed by atoms with E-state index in [2.05, 4.69) is 36.1 Å². The number of ether oxygens (including phenoxy) is 1. The van der Waals surface area contributed by atoms with Gasteiger partial charge in [-0.25, -0.2) is 9.97 Å². The van der Waals surface area contributed by atoms with Gasteiger partial charge in [-0.1, -0.05) is 32.4 Å². The van der Waals surface area contributed by atoms with E-state index in [-0.39, 0.29) is 5.41 Å². The van der Waals surface area contributed by atoms with Crippen LogP contribution < -0.4 is 5.32 Å². The van der Waals surface area contributed by atoms with Gasteiger partial charge in [0.25, 0.3) is 0 Å². The van der Waals surface area contributed by atoms with Gasteiger partial charge < -0.3 is 10.1 Å². The van der Waals surface area contributed by atoms with Crippen LogP contribution in [0.1, 0.15) is 51.4 Å². The van der Waals surface area contributed by atoms with Gasteiger partial charge in [-0.3, -0.25) is 0 Å². The van der Waals surface area contributed by atoms with Crippen LogP contribution in [0, 0.1) is 12.8 Å². The summed E-state index contributed by atoms with van der Waals surface area (Å²) in [4.78, 5) is 8.99. The van der Waals surface area contributed by atoms with Crippen LogP contribution >= 0.6 is 11.6 Å². The highest BCUT2D eigenvalue weighted by atomic mass is 35.5. The van der Waals surface area contributed by atoms with Gasteiger partial charge >= 0.3 is 0 Å². The fourth-order valence-corrected chi connectivity index (χ4v) is 2.08. The number of hydrogen-bond donors (Lipinski definition) is 1. The van der Waals surface area contributed by atoms with Crippen molar-refractivity contribution in [2.75, 3.05) is 25.1 Å². The van der Waals surface area contributed by atoms with Crippen LogP contribution in [0.2, 0.25) is 5.15 Å². The topological polar surface area (TPSA) is 47.0 Å². The average molecular weight is 312 g/mol. The number of hydrogen-bond acceptors (Lipinski definition) is 4. The molecule has 1 aliphatic carbocycles. The normalized spacial score (nSPS) is 15.3. The molecule has 118 valence electrons. The van der Waals surface area contributed by atoms with E-state index in [9.17, 15) is 0 Å². The molecule has 2 rings (SSSR count). The van der Waals surface area contributed by atoms with E-state index in [4.69, 9.17) is 16.3 Å². The summed E-state index contributed by atoms with van der Waals surface area (Å²) < 4.78 is 5.63. The summed E-state index contributed by atoms with van der Waals surface area (Å²) in [5, 5.41) is 3.88. The third kappa shape index (κ3) is 5.11. The molecular formula is C16H26ClN3O. The molecular weight excluding hydrogens is 286 g/mol. The number of anilines is 1. The molecule has 1 saturated carbocycles. The van der Waals surface area contributed by atoms with Crippen molar-refractivity contribution in [2.24, 2.45) is 5.92 Å². The van der Waals surface area contributed by atoms with E-state index in [1.54, 1.807) is 0 Å². The fourth-order valence-electron chi connectivity index (χ4n) is 1.91. The van der Waals surface area contributed by atoms with Gasteiger partial charge in [0.15, 0.2) is 0 Å². The van der Waals surface area contributed by atoms with Crippen molar-refractivity contribution in [1.29, 1.82) is 0 Å². The fraction of sp³-hybridized carbons (Fsp3) is 0.750. The second-order valence-corrected chi connectivity index (χ2v) is 7.22. The lowest BCUT2D eigenvalue weighted by Gasteiger charge is -2.19. The molecule has 0 saturated heterocycles. The SMILES string of the molecule is Cc1c(Cl)nc(C(C)(C)C)nc1NCCCOCC1CC1. The zero-order chi connectivity index (χ0) is 15.5. The van der Waals surface area contributed by atoms with Crippen LogP contribution in [0.3, 0.4) is 0 Å². The zero-order valence-electron chi connectivity index (χ0n) is 13.5. The predicted octanol–water partition coefficient (Wildman–Crippen LogP) is 3.96. The molecule has 0 bridgehead atoms. The molecule has 1 aliphatic rings. The van der Waals surface area contributed by atoms with E-state index in [1.807, 2.05) is 6.92 Å². The first-order valence-corrected chi connectivity index (χ1v) is 8.12. The molecule has 1 N–H and O–H groups in total. The molecule has 5 heteroatoms. The summed E-state index contributed by atoms with van der Waals surface area (Å²) in [7, 11) is 0. The summed E-state index contributed by atoms with van der Waals surface area (Å²) in [5.74, 6) is 2.43. The van der Waals surface area contributed by atoms with Crippen LogP contribution in [0.4, 0.5) is 5.82 Å². The molecule has 4 nitrogen and oxygen atoms in total. The van der Waals surface area contributed by atoms with E-state index >= 15 is 0 Å². The molecule has 0 amide bonds. The third-order valence-electron chi connectivity index (χ3n) is 3.57. The highest BCUT2D eigenvalue weighted by Gasteiger charge is 2.21. The Labute approximate surface area is 132 Å². The van der Waals surface area contributed by atoms with E-state index in [1.165, 1.54) is 12.8 Å². The average Bonchev–Trinajstić information content (AvgIpc) is 3.21. The summed E-state index contributed by atoms with van der Waals surface area (Å²) in [5.41, 5.74) is 0.796. The maximum atomic E-state index is 6.21. The minimum atomic E-state index is -0.110. The number of nitrogens with one attached hydrogen (secondary N) is 1. The van der Waals surface area contributed by atoms with Crippen LogP contribution in [-0.2, 0) is 10.2 Å². The highest BCUT2D eigenvalue weighted by Crippen LogP contribution is 2.29. The molecule has 1 heterocycles. The van der Waals surface area contributed by atoms with Crippen molar-refractivity contribution in [3.8, 4) is 0 Å². The lowest BCUT2D eigenvalue weighted by atomic mass is 9.95. The maximum absolute atomic E-state index is 6.21. The molecule has 1 fully saturated rings. The molecule has 0 aliphatic heterocycles. The minimum absolute atomic E-state index is 0.110. The second-order valence-electron chi connectivity index (χ2n) is 6.86. The predicted molar refractivity (Wildman–Crippen MR) is 87.1 cm³/mol. The molecule has 0 aromatic carbocycles. The lowest BCUT2D eigenvalue weighted by molar-refractivity contribution is 0.124. The number of aromatic nitrogens is 2. The van der Waals surface area contributed by atoms with Gasteiger partial charge in [0, 0.05) is 30.7 Å². The van der Waals surface area contributed by atoms with E-state index in [0.29, 0.717) is 5.15 Å². The Morgan fingerprint density at radius 3 is 2.62 bits per heavy atom. The largest absolute Gasteiger partial charge is 0.381 e. The van der Waals surface area contributed by atoms with Crippen molar-refractivity contribution >= 4 is 17.4 Å². The Kier molecular flexibility index (Phi) is 5.44. The highest BCUT2D eigenvalue weighted by molar-refractivity contribution is 6.30. The lowest BCUT2D eigenvalue weighted by Crippen LogP contribution is -2.19. The third-order valence-corrected chi connectivity index (χ3v) is 3.93. The van der Waals surface area contributed by atoms with Gasteiger partial charge in [0.1, 0.15) is 16.8 Å². The molecule has 21 heavy (non-hydrogen) atoms. The van der Waals surface area contributed by atoms with E-state index < -0.39 is 0 Å². The summed E-state index contributed by atoms with van der Waals surface area (Å²) in [6.07, 6.45) is 3.65. The first-order chi connectivity index (χ1) is 9.88. The van der Waals surface area contributed by atoms with Crippen molar-refractivity contribution < 1.29 is 4.74 Å². The Hall–Kier alpha value is -0.870. The van der Waals surface area contributed by atoms with Crippen molar-refractivity contribution in [2.45, 2.75) is 52.4 Å². The van der Waals surface area contributed by atoms with Crippen LogP contribution in [0.15, 0.2) is 0 Å². The first kappa shape index (κ1) is 16.5. The van der Waals surface area contributed by atoms with Gasteiger partial charge in [-0.2, -0.15) is 0 Å². The molecule has 0 unspecified atom stereocenters. The van der Waals surface area contributed by atoms with Gasteiger partial charge in [-0.05, 0) is 32.1 Å². The Balaban J connectivity index is 1.84. The van der Waals surface area contributed by atoms with Crippen LogP contribution in [0.25, 0.3) is 0 Å². The number of nitrogens with zero attached hydrogens (tertiary/aromatic N) is 2. The molecule has 0 atom stereocenters. The maximum Gasteiger partial charge on any atom is 0.137 e. The quantitative estimate of drug-likeness (QED) is 0.611. The molecule has 0 radical (unpaired) electrons. The van der Waals surface area contributed by atoms with Gasteiger partial charge in [-0.15, -0.1) is 0 Å². The zero-order valence-corrected chi connectivity index (χ0v) is 14.3. The number of rotatable bonds is 7. The summed E-state index contributed by atoms with van der Waals surface area (Å²) in [6.45, 7) is 10.8. The smallest absolute Gasteiger partial charge is 0.137 e.